The largest absolute Gasteiger partial charge is 0.506 e. The van der Waals surface area contributed by atoms with Gasteiger partial charge >= 0.3 is 0 Å². The summed E-state index contributed by atoms with van der Waals surface area (Å²) in [6.45, 7) is 10.1. The van der Waals surface area contributed by atoms with Crippen molar-refractivity contribution in [1.82, 2.24) is 9.55 Å². The third-order valence-electron chi connectivity index (χ3n) is 4.67. The molecule has 2 aromatic carbocycles. The van der Waals surface area contributed by atoms with Crippen molar-refractivity contribution in [3.8, 4) is 5.75 Å². The zero-order valence-corrected chi connectivity index (χ0v) is 17.4. The number of rotatable bonds is 4. The van der Waals surface area contributed by atoms with E-state index < -0.39 is 5.91 Å². The molecule has 0 saturated carbocycles. The molecule has 1 amide bonds. The quantitative estimate of drug-likeness (QED) is 0.336. The van der Waals surface area contributed by atoms with Gasteiger partial charge in [0.2, 0.25) is 0 Å². The Kier molecular flexibility index (Phi) is 5.44. The van der Waals surface area contributed by atoms with Gasteiger partial charge in [0.05, 0.1) is 16.6 Å². The van der Waals surface area contributed by atoms with Gasteiger partial charge in [-0.25, -0.2) is 0 Å². The van der Waals surface area contributed by atoms with Crippen molar-refractivity contribution in [2.24, 2.45) is 0 Å². The number of hydrogen-bond acceptors (Lipinski definition) is 4. The summed E-state index contributed by atoms with van der Waals surface area (Å²) in [4.78, 5) is 28.3. The third kappa shape index (κ3) is 4.14. The Bertz CT molecular complexity index is 1230. The van der Waals surface area contributed by atoms with Crippen LogP contribution in [0.1, 0.15) is 36.7 Å². The number of phenolic OH excluding ortho intramolecular Hbond substituents is 1. The Morgan fingerprint density at radius 3 is 2.66 bits per heavy atom. The molecule has 0 atom stereocenters. The molecule has 6 nitrogen and oxygen atoms in total. The number of H-pyrrole nitrogens is 1. The highest BCUT2D eigenvalue weighted by atomic mass is 32.1. The Balaban J connectivity index is 1.98. The predicted octanol–water partition coefficient (Wildman–Crippen LogP) is 4.50. The number of hydrogen-bond donors (Lipinski definition) is 3. The van der Waals surface area contributed by atoms with E-state index in [1.807, 2.05) is 6.07 Å². The van der Waals surface area contributed by atoms with Crippen molar-refractivity contribution in [2.45, 2.75) is 32.7 Å². The number of aromatic amines is 1. The van der Waals surface area contributed by atoms with Gasteiger partial charge in [0.25, 0.3) is 11.5 Å². The molecular weight excluding hydrogens is 386 g/mol. The van der Waals surface area contributed by atoms with Crippen molar-refractivity contribution in [2.75, 3.05) is 5.32 Å². The summed E-state index contributed by atoms with van der Waals surface area (Å²) in [7, 11) is 0. The van der Waals surface area contributed by atoms with Gasteiger partial charge in [-0.3, -0.25) is 14.2 Å². The maximum Gasteiger partial charge on any atom is 0.262 e. The molecule has 0 aliphatic heterocycles. The van der Waals surface area contributed by atoms with Gasteiger partial charge in [-0.2, -0.15) is 0 Å². The van der Waals surface area contributed by atoms with Crippen molar-refractivity contribution < 1.29 is 9.90 Å². The van der Waals surface area contributed by atoms with E-state index in [-0.39, 0.29) is 21.5 Å². The van der Waals surface area contributed by atoms with Gasteiger partial charge in [-0.05, 0) is 53.5 Å². The molecule has 3 aromatic rings. The second-order valence-electron chi connectivity index (χ2n) is 7.83. The highest BCUT2D eigenvalue weighted by Crippen LogP contribution is 2.31. The van der Waals surface area contributed by atoms with Crippen LogP contribution in [-0.4, -0.2) is 20.6 Å². The molecule has 3 rings (SSSR count). The zero-order chi connectivity index (χ0) is 21.3. The van der Waals surface area contributed by atoms with Gasteiger partial charge in [-0.1, -0.05) is 32.9 Å². The number of amides is 1. The smallest absolute Gasteiger partial charge is 0.262 e. The van der Waals surface area contributed by atoms with Crippen LogP contribution in [0.25, 0.3) is 10.9 Å². The number of nitrogens with zero attached hydrogens (tertiary/aromatic N) is 1. The SMILES string of the molecule is C=CCn1c(=S)[nH]c2cc(C(=O)Nc3cc(C(C)(C)C)ccc3O)ccc2c1=O. The van der Waals surface area contributed by atoms with E-state index in [0.29, 0.717) is 28.7 Å². The first-order valence-corrected chi connectivity index (χ1v) is 9.55. The highest BCUT2D eigenvalue weighted by Gasteiger charge is 2.17. The van der Waals surface area contributed by atoms with Crippen LogP contribution in [0.3, 0.4) is 0 Å². The molecule has 7 heteroatoms. The average molecular weight is 410 g/mol. The van der Waals surface area contributed by atoms with Crippen molar-refractivity contribution in [3.05, 3.63) is 75.3 Å². The van der Waals surface area contributed by atoms with Crippen LogP contribution in [0.5, 0.6) is 5.75 Å². The minimum atomic E-state index is -0.400. The van der Waals surface area contributed by atoms with Gasteiger partial charge in [0.15, 0.2) is 4.77 Å². The van der Waals surface area contributed by atoms with Crippen molar-refractivity contribution in [3.63, 3.8) is 0 Å². The molecule has 150 valence electrons. The zero-order valence-electron chi connectivity index (χ0n) is 16.6. The lowest BCUT2D eigenvalue weighted by Gasteiger charge is -2.20. The topological polar surface area (TPSA) is 87.1 Å². The fraction of sp³-hybridized carbons (Fsp3) is 0.227. The number of aromatic nitrogens is 2. The maximum atomic E-state index is 12.8. The molecule has 0 aliphatic carbocycles. The molecule has 0 radical (unpaired) electrons. The Morgan fingerprint density at radius 2 is 2.00 bits per heavy atom. The van der Waals surface area contributed by atoms with E-state index in [1.165, 1.54) is 4.57 Å². The third-order valence-corrected chi connectivity index (χ3v) is 4.99. The maximum absolute atomic E-state index is 12.8. The number of fused-ring (bicyclic) bond motifs is 1. The molecule has 3 N–H and O–H groups in total. The van der Waals surface area contributed by atoms with Crippen LogP contribution in [0.15, 0.2) is 53.8 Å². The molecule has 0 spiro atoms. The van der Waals surface area contributed by atoms with Gasteiger partial charge in [0, 0.05) is 12.1 Å². The van der Waals surface area contributed by atoms with E-state index in [0.717, 1.165) is 5.56 Å². The van der Waals surface area contributed by atoms with E-state index >= 15 is 0 Å². The number of benzene rings is 2. The summed E-state index contributed by atoms with van der Waals surface area (Å²) in [5.74, 6) is -0.415. The summed E-state index contributed by atoms with van der Waals surface area (Å²) >= 11 is 5.24. The molecule has 0 saturated heterocycles. The minimum Gasteiger partial charge on any atom is -0.506 e. The van der Waals surface area contributed by atoms with E-state index in [1.54, 1.807) is 36.4 Å². The standard InChI is InChI=1S/C22H23N3O3S/c1-5-10-25-20(28)15-8-6-13(11-16(15)24-21(25)29)19(27)23-17-12-14(22(2,3)4)7-9-18(17)26/h5-9,11-12,26H,1,10H2,2-4H3,(H,23,27)(H,24,29). The molecule has 29 heavy (non-hydrogen) atoms. The molecule has 0 aliphatic rings. The molecule has 0 unspecified atom stereocenters. The number of anilines is 1. The van der Waals surface area contributed by atoms with Gasteiger partial charge in [0.1, 0.15) is 5.75 Å². The molecular formula is C22H23N3O3S. The second-order valence-corrected chi connectivity index (χ2v) is 8.22. The van der Waals surface area contributed by atoms with Gasteiger partial charge in [-0.15, -0.1) is 6.58 Å². The summed E-state index contributed by atoms with van der Waals surface area (Å²) in [5.41, 5.74) is 1.75. The summed E-state index contributed by atoms with van der Waals surface area (Å²) in [5, 5.41) is 13.3. The van der Waals surface area contributed by atoms with Crippen LogP contribution in [0.4, 0.5) is 5.69 Å². The van der Waals surface area contributed by atoms with Crippen LogP contribution >= 0.6 is 12.2 Å². The summed E-state index contributed by atoms with van der Waals surface area (Å²) in [6, 6.07) is 9.88. The van der Waals surface area contributed by atoms with E-state index in [4.69, 9.17) is 12.2 Å². The fourth-order valence-electron chi connectivity index (χ4n) is 2.99. The molecule has 0 bridgehead atoms. The number of phenols is 1. The fourth-order valence-corrected chi connectivity index (χ4v) is 3.26. The minimum absolute atomic E-state index is 0.0149. The first-order chi connectivity index (χ1) is 13.6. The Labute approximate surface area is 173 Å². The number of allylic oxidation sites excluding steroid dienone is 1. The first kappa shape index (κ1) is 20.5. The molecule has 1 heterocycles. The number of carbonyl (C=O) groups is 1. The summed E-state index contributed by atoms with van der Waals surface area (Å²) < 4.78 is 1.66. The average Bonchev–Trinajstić information content (AvgIpc) is 2.65. The van der Waals surface area contributed by atoms with Crippen LogP contribution < -0.4 is 10.9 Å². The number of aromatic hydroxyl groups is 1. The normalized spacial score (nSPS) is 11.4. The lowest BCUT2D eigenvalue weighted by Crippen LogP contribution is -2.22. The van der Waals surface area contributed by atoms with Gasteiger partial charge < -0.3 is 15.4 Å². The predicted molar refractivity (Wildman–Crippen MR) is 118 cm³/mol. The second kappa shape index (κ2) is 7.67. The lowest BCUT2D eigenvalue weighted by atomic mass is 9.87. The summed E-state index contributed by atoms with van der Waals surface area (Å²) in [6.07, 6.45) is 1.59. The van der Waals surface area contributed by atoms with E-state index in [2.05, 4.69) is 37.7 Å². The Morgan fingerprint density at radius 1 is 1.28 bits per heavy atom. The van der Waals surface area contributed by atoms with E-state index in [9.17, 15) is 14.7 Å². The van der Waals surface area contributed by atoms with Crippen molar-refractivity contribution in [1.29, 1.82) is 0 Å². The van der Waals surface area contributed by atoms with Crippen LogP contribution in [-0.2, 0) is 12.0 Å². The highest BCUT2D eigenvalue weighted by molar-refractivity contribution is 7.71. The lowest BCUT2D eigenvalue weighted by molar-refractivity contribution is 0.102. The van der Waals surface area contributed by atoms with Crippen LogP contribution in [0, 0.1) is 4.77 Å². The van der Waals surface area contributed by atoms with Crippen LogP contribution in [0.2, 0.25) is 0 Å². The molecule has 1 aromatic heterocycles. The Hall–Kier alpha value is -3.19. The number of nitrogens with one attached hydrogen (secondary N) is 2. The first-order valence-electron chi connectivity index (χ1n) is 9.14. The number of carbonyl (C=O) groups excluding carboxylic acids is 1. The monoisotopic (exact) mass is 409 g/mol. The van der Waals surface area contributed by atoms with Crippen molar-refractivity contribution >= 4 is 34.7 Å². The molecule has 0 fully saturated rings.